The molecule has 0 spiro atoms. The Morgan fingerprint density at radius 3 is 2.79 bits per heavy atom. The molecule has 0 aromatic heterocycles. The molecule has 1 nitrogen and oxygen atoms in total. The first-order valence-corrected chi connectivity index (χ1v) is 6.03. The maximum atomic E-state index is 13.0. The molecular formula is C11H20ClFO. The first kappa shape index (κ1) is 12.3. The standard InChI is InChI=1S/C11H20ClFO/c1-2-3-9(14)6-8-4-5-11(13)10(12)7-8/h8-11,14H,2-7H2,1H3. The van der Waals surface area contributed by atoms with Gasteiger partial charge in [0, 0.05) is 0 Å². The summed E-state index contributed by atoms with van der Waals surface area (Å²) in [6.07, 6.45) is 3.77. The first-order chi connectivity index (χ1) is 6.63. The number of aliphatic hydroxyl groups excluding tert-OH is 1. The maximum absolute atomic E-state index is 13.0. The van der Waals surface area contributed by atoms with Crippen LogP contribution in [0.25, 0.3) is 0 Å². The van der Waals surface area contributed by atoms with Crippen molar-refractivity contribution in [3.8, 4) is 0 Å². The number of hydrogen-bond donors (Lipinski definition) is 1. The molecule has 0 heterocycles. The summed E-state index contributed by atoms with van der Waals surface area (Å²) in [6, 6.07) is 0. The fourth-order valence-corrected chi connectivity index (χ4v) is 2.59. The van der Waals surface area contributed by atoms with E-state index in [0.717, 1.165) is 32.1 Å². The van der Waals surface area contributed by atoms with Gasteiger partial charge in [-0.2, -0.15) is 0 Å². The molecule has 1 rings (SSSR count). The fourth-order valence-electron chi connectivity index (χ4n) is 2.21. The third kappa shape index (κ3) is 3.74. The van der Waals surface area contributed by atoms with Crippen molar-refractivity contribution in [3.05, 3.63) is 0 Å². The fraction of sp³-hybridized carbons (Fsp3) is 1.00. The predicted octanol–water partition coefficient (Wildman–Crippen LogP) is 3.28. The summed E-state index contributed by atoms with van der Waals surface area (Å²) < 4.78 is 13.0. The van der Waals surface area contributed by atoms with Gasteiger partial charge in [-0.25, -0.2) is 4.39 Å². The van der Waals surface area contributed by atoms with Gasteiger partial charge < -0.3 is 5.11 Å². The monoisotopic (exact) mass is 222 g/mol. The highest BCUT2D eigenvalue weighted by Crippen LogP contribution is 2.33. The molecule has 84 valence electrons. The lowest BCUT2D eigenvalue weighted by Gasteiger charge is -2.29. The van der Waals surface area contributed by atoms with E-state index in [0.29, 0.717) is 12.3 Å². The average Bonchev–Trinajstić information content (AvgIpc) is 2.12. The van der Waals surface area contributed by atoms with Gasteiger partial charge in [-0.3, -0.25) is 0 Å². The van der Waals surface area contributed by atoms with Gasteiger partial charge in [-0.05, 0) is 38.0 Å². The van der Waals surface area contributed by atoms with Crippen LogP contribution in [-0.4, -0.2) is 22.8 Å². The van der Waals surface area contributed by atoms with Crippen LogP contribution in [0.15, 0.2) is 0 Å². The highest BCUT2D eigenvalue weighted by molar-refractivity contribution is 6.21. The quantitative estimate of drug-likeness (QED) is 0.724. The van der Waals surface area contributed by atoms with Crippen molar-refractivity contribution in [2.75, 3.05) is 0 Å². The lowest BCUT2D eigenvalue weighted by Crippen LogP contribution is -2.28. The van der Waals surface area contributed by atoms with Crippen LogP contribution in [0.5, 0.6) is 0 Å². The molecule has 0 aromatic carbocycles. The Bertz CT molecular complexity index is 165. The summed E-state index contributed by atoms with van der Waals surface area (Å²) >= 11 is 5.87. The molecule has 1 aliphatic carbocycles. The Kier molecular flexibility index (Phi) is 5.18. The number of alkyl halides is 2. The number of halogens is 2. The van der Waals surface area contributed by atoms with Crippen LogP contribution < -0.4 is 0 Å². The molecule has 1 saturated carbocycles. The minimum absolute atomic E-state index is 0.218. The second kappa shape index (κ2) is 5.92. The average molecular weight is 223 g/mol. The first-order valence-electron chi connectivity index (χ1n) is 5.59. The van der Waals surface area contributed by atoms with Crippen LogP contribution in [0.1, 0.15) is 45.4 Å². The topological polar surface area (TPSA) is 20.2 Å². The molecule has 4 unspecified atom stereocenters. The summed E-state index contributed by atoms with van der Waals surface area (Å²) in [5, 5.41) is 9.29. The zero-order valence-electron chi connectivity index (χ0n) is 8.76. The van der Waals surface area contributed by atoms with Gasteiger partial charge in [0.2, 0.25) is 0 Å². The smallest absolute Gasteiger partial charge is 0.116 e. The van der Waals surface area contributed by atoms with Gasteiger partial charge in [-0.15, -0.1) is 11.6 Å². The summed E-state index contributed by atoms with van der Waals surface area (Å²) in [6.45, 7) is 2.06. The minimum atomic E-state index is -0.837. The molecule has 1 N–H and O–H groups in total. The van der Waals surface area contributed by atoms with Gasteiger partial charge in [0.25, 0.3) is 0 Å². The Morgan fingerprint density at radius 1 is 1.50 bits per heavy atom. The third-order valence-electron chi connectivity index (χ3n) is 3.03. The van der Waals surface area contributed by atoms with Crippen molar-refractivity contribution in [2.45, 2.75) is 63.1 Å². The number of hydrogen-bond acceptors (Lipinski definition) is 1. The number of aliphatic hydroxyl groups is 1. The second-order valence-electron chi connectivity index (χ2n) is 4.39. The predicted molar refractivity (Wildman–Crippen MR) is 57.4 cm³/mol. The zero-order valence-corrected chi connectivity index (χ0v) is 9.51. The SMILES string of the molecule is CCCC(O)CC1CCC(F)C(Cl)C1. The molecule has 3 heteroatoms. The van der Waals surface area contributed by atoms with E-state index in [1.807, 2.05) is 0 Å². The van der Waals surface area contributed by atoms with Crippen LogP contribution in [0.2, 0.25) is 0 Å². The molecule has 0 aliphatic heterocycles. The summed E-state index contributed by atoms with van der Waals surface area (Å²) in [7, 11) is 0. The van der Waals surface area contributed by atoms with Crippen LogP contribution in [0, 0.1) is 5.92 Å². The van der Waals surface area contributed by atoms with Crippen molar-refractivity contribution in [1.29, 1.82) is 0 Å². The molecular weight excluding hydrogens is 203 g/mol. The molecule has 1 aliphatic rings. The van der Waals surface area contributed by atoms with Crippen LogP contribution >= 0.6 is 11.6 Å². The van der Waals surface area contributed by atoms with Crippen LogP contribution in [0.3, 0.4) is 0 Å². The van der Waals surface area contributed by atoms with E-state index in [-0.39, 0.29) is 11.5 Å². The summed E-state index contributed by atoms with van der Waals surface area (Å²) in [5.74, 6) is 0.422. The van der Waals surface area contributed by atoms with Gasteiger partial charge in [0.1, 0.15) is 6.17 Å². The van der Waals surface area contributed by atoms with Crippen molar-refractivity contribution in [3.63, 3.8) is 0 Å². The Hall–Kier alpha value is 0.180. The van der Waals surface area contributed by atoms with Crippen LogP contribution in [0.4, 0.5) is 4.39 Å². The highest BCUT2D eigenvalue weighted by Gasteiger charge is 2.29. The molecule has 0 amide bonds. The Morgan fingerprint density at radius 2 is 2.21 bits per heavy atom. The molecule has 14 heavy (non-hydrogen) atoms. The summed E-state index contributed by atoms with van der Waals surface area (Å²) in [5.41, 5.74) is 0. The van der Waals surface area contributed by atoms with E-state index in [2.05, 4.69) is 6.92 Å². The van der Waals surface area contributed by atoms with E-state index in [9.17, 15) is 9.50 Å². The highest BCUT2D eigenvalue weighted by atomic mass is 35.5. The largest absolute Gasteiger partial charge is 0.393 e. The maximum Gasteiger partial charge on any atom is 0.116 e. The minimum Gasteiger partial charge on any atom is -0.393 e. The number of rotatable bonds is 4. The lowest BCUT2D eigenvalue weighted by molar-refractivity contribution is 0.109. The molecule has 0 radical (unpaired) electrons. The summed E-state index contributed by atoms with van der Waals surface area (Å²) in [4.78, 5) is 0. The van der Waals surface area contributed by atoms with E-state index in [1.54, 1.807) is 0 Å². The molecule has 0 saturated heterocycles. The van der Waals surface area contributed by atoms with Crippen molar-refractivity contribution in [2.24, 2.45) is 5.92 Å². The van der Waals surface area contributed by atoms with E-state index < -0.39 is 6.17 Å². The molecule has 4 atom stereocenters. The Balaban J connectivity index is 2.25. The van der Waals surface area contributed by atoms with Gasteiger partial charge in [0.15, 0.2) is 0 Å². The van der Waals surface area contributed by atoms with Gasteiger partial charge in [-0.1, -0.05) is 13.3 Å². The van der Waals surface area contributed by atoms with Gasteiger partial charge >= 0.3 is 0 Å². The van der Waals surface area contributed by atoms with Crippen molar-refractivity contribution in [1.82, 2.24) is 0 Å². The van der Waals surface area contributed by atoms with Crippen molar-refractivity contribution < 1.29 is 9.50 Å². The zero-order chi connectivity index (χ0) is 10.6. The normalized spacial score (nSPS) is 35.6. The molecule has 0 aromatic rings. The molecule has 0 bridgehead atoms. The Labute approximate surface area is 90.6 Å². The molecule has 1 fully saturated rings. The van der Waals surface area contributed by atoms with Gasteiger partial charge in [0.05, 0.1) is 11.5 Å². The lowest BCUT2D eigenvalue weighted by atomic mass is 9.83. The van der Waals surface area contributed by atoms with E-state index in [4.69, 9.17) is 11.6 Å². The van der Waals surface area contributed by atoms with E-state index in [1.165, 1.54) is 0 Å². The van der Waals surface area contributed by atoms with Crippen LogP contribution in [-0.2, 0) is 0 Å². The third-order valence-corrected chi connectivity index (χ3v) is 3.48. The van der Waals surface area contributed by atoms with Crippen molar-refractivity contribution >= 4 is 11.6 Å². The second-order valence-corrected chi connectivity index (χ2v) is 4.95. The van der Waals surface area contributed by atoms with E-state index >= 15 is 0 Å².